The molecular weight excluding hydrogens is 268 g/mol. The molecule has 0 saturated carbocycles. The van der Waals surface area contributed by atoms with E-state index in [-0.39, 0.29) is 11.9 Å². The molecule has 1 atom stereocenters. The van der Waals surface area contributed by atoms with Crippen LogP contribution in [0, 0.1) is 5.41 Å². The topological polar surface area (TPSA) is 82.4 Å². The zero-order valence-corrected chi connectivity index (χ0v) is 12.1. The van der Waals surface area contributed by atoms with E-state index in [1.54, 1.807) is 6.92 Å². The van der Waals surface area contributed by atoms with Crippen molar-refractivity contribution in [1.82, 2.24) is 0 Å². The van der Waals surface area contributed by atoms with Crippen molar-refractivity contribution in [3.8, 4) is 0 Å². The second-order valence-corrected chi connectivity index (χ2v) is 5.09. The molecular formula is C16H20N2O3. The van der Waals surface area contributed by atoms with Gasteiger partial charge in [-0.25, -0.2) is 4.79 Å². The van der Waals surface area contributed by atoms with Crippen molar-refractivity contribution in [3.05, 3.63) is 41.5 Å². The summed E-state index contributed by atoms with van der Waals surface area (Å²) in [4.78, 5) is 10.7. The van der Waals surface area contributed by atoms with E-state index in [0.717, 1.165) is 37.6 Å². The standard InChI is InChI=1S/C16H20N2O3/c1-11(10-15(19)20)16(17)12-6-2-3-7-13(12)18-14-8-4-5-9-21-14/h2-3,6-7,10,14,17-18H,4-5,8-9H2,1H3,(H,19,20). The molecule has 1 fully saturated rings. The quantitative estimate of drug-likeness (QED) is 0.574. The van der Waals surface area contributed by atoms with Crippen molar-refractivity contribution >= 4 is 17.4 Å². The average molecular weight is 288 g/mol. The number of para-hydroxylation sites is 1. The second kappa shape index (κ2) is 7.04. The molecule has 2 rings (SSSR count). The SMILES string of the molecule is CC(=CC(=O)O)C(=N)c1ccccc1NC1CCCCO1. The van der Waals surface area contributed by atoms with Crippen molar-refractivity contribution in [3.63, 3.8) is 0 Å². The molecule has 0 spiro atoms. The van der Waals surface area contributed by atoms with Crippen molar-refractivity contribution in [2.24, 2.45) is 0 Å². The number of rotatable bonds is 5. The van der Waals surface area contributed by atoms with Crippen LogP contribution in [0.25, 0.3) is 0 Å². The summed E-state index contributed by atoms with van der Waals surface area (Å²) in [7, 11) is 0. The van der Waals surface area contributed by atoms with Crippen molar-refractivity contribution in [1.29, 1.82) is 5.41 Å². The number of nitrogens with one attached hydrogen (secondary N) is 2. The Hall–Kier alpha value is -2.14. The number of carbonyl (C=O) groups is 1. The number of benzene rings is 1. The van der Waals surface area contributed by atoms with E-state index < -0.39 is 5.97 Å². The summed E-state index contributed by atoms with van der Waals surface area (Å²) < 4.78 is 5.65. The van der Waals surface area contributed by atoms with E-state index in [1.807, 2.05) is 24.3 Å². The third-order valence-electron chi connectivity index (χ3n) is 3.43. The minimum absolute atomic E-state index is 0.0449. The van der Waals surface area contributed by atoms with Crippen molar-refractivity contribution in [2.75, 3.05) is 11.9 Å². The lowest BCUT2D eigenvalue weighted by molar-refractivity contribution is -0.131. The molecule has 5 nitrogen and oxygen atoms in total. The molecule has 5 heteroatoms. The van der Waals surface area contributed by atoms with Gasteiger partial charge in [-0.15, -0.1) is 0 Å². The molecule has 0 aliphatic carbocycles. The van der Waals surface area contributed by atoms with E-state index >= 15 is 0 Å². The maximum atomic E-state index is 10.7. The minimum Gasteiger partial charge on any atom is -0.478 e. The van der Waals surface area contributed by atoms with Gasteiger partial charge in [0.25, 0.3) is 0 Å². The summed E-state index contributed by atoms with van der Waals surface area (Å²) in [6.45, 7) is 2.37. The second-order valence-electron chi connectivity index (χ2n) is 5.09. The highest BCUT2D eigenvalue weighted by Gasteiger charge is 2.16. The van der Waals surface area contributed by atoms with Crippen LogP contribution >= 0.6 is 0 Å². The molecule has 0 aromatic heterocycles. The number of aliphatic carboxylic acids is 1. The lowest BCUT2D eigenvalue weighted by atomic mass is 10.0. The van der Waals surface area contributed by atoms with Gasteiger partial charge in [0, 0.05) is 23.9 Å². The summed E-state index contributed by atoms with van der Waals surface area (Å²) in [6, 6.07) is 7.42. The Kier molecular flexibility index (Phi) is 5.11. The van der Waals surface area contributed by atoms with Gasteiger partial charge in [-0.1, -0.05) is 18.2 Å². The number of hydrogen-bond donors (Lipinski definition) is 3. The molecule has 0 bridgehead atoms. The monoisotopic (exact) mass is 288 g/mol. The number of allylic oxidation sites excluding steroid dienone is 1. The third kappa shape index (κ3) is 4.16. The van der Waals surface area contributed by atoms with E-state index in [4.69, 9.17) is 15.3 Å². The first-order valence-corrected chi connectivity index (χ1v) is 7.05. The fourth-order valence-corrected chi connectivity index (χ4v) is 2.32. The number of hydrogen-bond acceptors (Lipinski definition) is 4. The zero-order valence-electron chi connectivity index (χ0n) is 12.1. The summed E-state index contributed by atoms with van der Waals surface area (Å²) in [6.07, 6.45) is 4.14. The number of carboxylic acids is 1. The average Bonchev–Trinajstić information content (AvgIpc) is 2.47. The maximum Gasteiger partial charge on any atom is 0.328 e. The van der Waals surface area contributed by atoms with E-state index in [2.05, 4.69) is 5.32 Å². The Balaban J connectivity index is 2.19. The molecule has 3 N–H and O–H groups in total. The van der Waals surface area contributed by atoms with Crippen LogP contribution in [0.1, 0.15) is 31.7 Å². The smallest absolute Gasteiger partial charge is 0.328 e. The van der Waals surface area contributed by atoms with Gasteiger partial charge < -0.3 is 15.2 Å². The molecule has 1 heterocycles. The fourth-order valence-electron chi connectivity index (χ4n) is 2.32. The highest BCUT2D eigenvalue weighted by atomic mass is 16.5. The van der Waals surface area contributed by atoms with Gasteiger partial charge in [0.1, 0.15) is 6.23 Å². The predicted molar refractivity (Wildman–Crippen MR) is 81.9 cm³/mol. The van der Waals surface area contributed by atoms with Crippen LogP contribution < -0.4 is 5.32 Å². The Bertz CT molecular complexity index is 560. The van der Waals surface area contributed by atoms with Gasteiger partial charge in [-0.3, -0.25) is 5.41 Å². The summed E-state index contributed by atoms with van der Waals surface area (Å²) >= 11 is 0. The van der Waals surface area contributed by atoms with Crippen LogP contribution in [0.2, 0.25) is 0 Å². The predicted octanol–water partition coefficient (Wildman–Crippen LogP) is 3.02. The Labute approximate surface area is 124 Å². The van der Waals surface area contributed by atoms with Gasteiger partial charge in [0.2, 0.25) is 0 Å². The molecule has 1 aliphatic heterocycles. The third-order valence-corrected chi connectivity index (χ3v) is 3.43. The molecule has 0 amide bonds. The zero-order chi connectivity index (χ0) is 15.2. The Morgan fingerprint density at radius 1 is 1.43 bits per heavy atom. The minimum atomic E-state index is -1.04. The summed E-state index contributed by atoms with van der Waals surface area (Å²) in [5, 5.41) is 20.3. The van der Waals surface area contributed by atoms with Gasteiger partial charge in [-0.2, -0.15) is 0 Å². The summed E-state index contributed by atoms with van der Waals surface area (Å²) in [5.41, 5.74) is 2.10. The van der Waals surface area contributed by atoms with Crippen LogP contribution in [0.4, 0.5) is 5.69 Å². The van der Waals surface area contributed by atoms with E-state index in [1.165, 1.54) is 0 Å². The highest BCUT2D eigenvalue weighted by molar-refractivity contribution is 6.15. The maximum absolute atomic E-state index is 10.7. The first kappa shape index (κ1) is 15.3. The molecule has 1 saturated heterocycles. The molecule has 112 valence electrons. The normalized spacial score (nSPS) is 19.1. The highest BCUT2D eigenvalue weighted by Crippen LogP contribution is 2.22. The van der Waals surface area contributed by atoms with Gasteiger partial charge in [0.15, 0.2) is 0 Å². The van der Waals surface area contributed by atoms with Gasteiger partial charge in [-0.05, 0) is 37.8 Å². The van der Waals surface area contributed by atoms with Crippen molar-refractivity contribution < 1.29 is 14.6 Å². The Morgan fingerprint density at radius 2 is 2.19 bits per heavy atom. The van der Waals surface area contributed by atoms with Crippen LogP contribution in [0.5, 0.6) is 0 Å². The number of carboxylic acid groups (broad SMARTS) is 1. The molecule has 1 aromatic carbocycles. The van der Waals surface area contributed by atoms with Crippen LogP contribution in [-0.4, -0.2) is 29.6 Å². The van der Waals surface area contributed by atoms with Crippen LogP contribution in [0.15, 0.2) is 35.9 Å². The first-order chi connectivity index (χ1) is 10.1. The lowest BCUT2D eigenvalue weighted by Gasteiger charge is -2.25. The number of anilines is 1. The van der Waals surface area contributed by atoms with E-state index in [9.17, 15) is 4.79 Å². The number of ether oxygens (including phenoxy) is 1. The molecule has 1 unspecified atom stereocenters. The lowest BCUT2D eigenvalue weighted by Crippen LogP contribution is -2.28. The molecule has 1 aromatic rings. The molecule has 21 heavy (non-hydrogen) atoms. The van der Waals surface area contributed by atoms with Crippen molar-refractivity contribution in [2.45, 2.75) is 32.4 Å². The fraction of sp³-hybridized carbons (Fsp3) is 0.375. The first-order valence-electron chi connectivity index (χ1n) is 7.05. The van der Waals surface area contributed by atoms with Crippen LogP contribution in [0.3, 0.4) is 0 Å². The van der Waals surface area contributed by atoms with E-state index in [0.29, 0.717) is 11.1 Å². The molecule has 1 aliphatic rings. The van der Waals surface area contributed by atoms with Crippen LogP contribution in [-0.2, 0) is 9.53 Å². The molecule has 0 radical (unpaired) electrons. The summed E-state index contributed by atoms with van der Waals surface area (Å²) in [5.74, 6) is -1.04. The largest absolute Gasteiger partial charge is 0.478 e. The Morgan fingerprint density at radius 3 is 2.86 bits per heavy atom. The van der Waals surface area contributed by atoms with Gasteiger partial charge >= 0.3 is 5.97 Å². The van der Waals surface area contributed by atoms with Gasteiger partial charge in [0.05, 0.1) is 5.71 Å².